The lowest BCUT2D eigenvalue weighted by Crippen LogP contribution is -2.03. The molecule has 0 spiro atoms. The van der Waals surface area contributed by atoms with Crippen LogP contribution in [0.5, 0.6) is 0 Å². The molecule has 0 fully saturated rings. The summed E-state index contributed by atoms with van der Waals surface area (Å²) in [6.45, 7) is 0. The Kier molecular flexibility index (Phi) is 3.73. The van der Waals surface area contributed by atoms with Gasteiger partial charge in [-0.3, -0.25) is 4.79 Å². The number of rotatable bonds is 2. The molecule has 1 unspecified atom stereocenters. The van der Waals surface area contributed by atoms with Crippen molar-refractivity contribution in [2.45, 2.75) is 12.5 Å². The number of aliphatic hydroxyl groups excluding tert-OH is 1. The smallest absolute Gasteiger partial charge is 0.228 e. The summed E-state index contributed by atoms with van der Waals surface area (Å²) in [5, 5.41) is 13.5. The first-order valence-corrected chi connectivity index (χ1v) is 7.38. The van der Waals surface area contributed by atoms with Gasteiger partial charge < -0.3 is 10.4 Å². The fraction of sp³-hybridized carbons (Fsp3) is 0.133. The SMILES string of the molecule is O=C1Cc2cc(C(O)c3cc(F)ccc3Br)c(Cl)cc2N1. The van der Waals surface area contributed by atoms with Crippen LogP contribution >= 0.6 is 27.5 Å². The molecule has 3 nitrogen and oxygen atoms in total. The third kappa shape index (κ3) is 2.69. The molecule has 1 heterocycles. The second-order valence-electron chi connectivity index (χ2n) is 4.82. The van der Waals surface area contributed by atoms with E-state index in [1.807, 2.05) is 0 Å². The second kappa shape index (κ2) is 5.40. The van der Waals surface area contributed by atoms with Gasteiger partial charge in [0.25, 0.3) is 0 Å². The maximum Gasteiger partial charge on any atom is 0.228 e. The highest BCUT2D eigenvalue weighted by Gasteiger charge is 2.23. The van der Waals surface area contributed by atoms with Crippen molar-refractivity contribution in [3.05, 3.63) is 62.3 Å². The number of aliphatic hydroxyl groups is 1. The zero-order valence-corrected chi connectivity index (χ0v) is 13.0. The van der Waals surface area contributed by atoms with E-state index in [0.29, 0.717) is 26.3 Å². The molecular formula is C15H10BrClFNO2. The van der Waals surface area contributed by atoms with Gasteiger partial charge in [0.15, 0.2) is 0 Å². The first-order valence-electron chi connectivity index (χ1n) is 6.21. The summed E-state index contributed by atoms with van der Waals surface area (Å²) < 4.78 is 14.0. The molecule has 0 saturated carbocycles. The second-order valence-corrected chi connectivity index (χ2v) is 6.09. The van der Waals surface area contributed by atoms with Crippen LogP contribution in [0.15, 0.2) is 34.8 Å². The molecule has 3 rings (SSSR count). The molecule has 1 aliphatic heterocycles. The first-order chi connectivity index (χ1) is 9.95. The topological polar surface area (TPSA) is 49.3 Å². The number of anilines is 1. The number of nitrogens with one attached hydrogen (secondary N) is 1. The molecule has 1 aliphatic rings. The van der Waals surface area contributed by atoms with Gasteiger partial charge in [0.2, 0.25) is 5.91 Å². The summed E-state index contributed by atoms with van der Waals surface area (Å²) in [6, 6.07) is 7.36. The lowest BCUT2D eigenvalue weighted by molar-refractivity contribution is -0.115. The van der Waals surface area contributed by atoms with Crippen molar-refractivity contribution in [3.8, 4) is 0 Å². The van der Waals surface area contributed by atoms with Crippen LogP contribution in [0.25, 0.3) is 0 Å². The van der Waals surface area contributed by atoms with Crippen LogP contribution in [0.3, 0.4) is 0 Å². The molecule has 0 radical (unpaired) electrons. The fourth-order valence-corrected chi connectivity index (χ4v) is 3.10. The Morgan fingerprint density at radius 2 is 2.05 bits per heavy atom. The number of benzene rings is 2. The molecule has 0 aromatic heterocycles. The van der Waals surface area contributed by atoms with E-state index in [2.05, 4.69) is 21.2 Å². The quantitative estimate of drug-likeness (QED) is 0.844. The normalized spacial score (nSPS) is 14.8. The minimum Gasteiger partial charge on any atom is -0.384 e. The monoisotopic (exact) mass is 369 g/mol. The van der Waals surface area contributed by atoms with Crippen LogP contribution in [0.4, 0.5) is 10.1 Å². The van der Waals surface area contributed by atoms with Crippen LogP contribution in [0.1, 0.15) is 22.8 Å². The zero-order chi connectivity index (χ0) is 15.1. The zero-order valence-electron chi connectivity index (χ0n) is 10.7. The summed E-state index contributed by atoms with van der Waals surface area (Å²) in [4.78, 5) is 11.4. The lowest BCUT2D eigenvalue weighted by Gasteiger charge is -2.16. The molecular weight excluding hydrogens is 361 g/mol. The van der Waals surface area contributed by atoms with Crippen LogP contribution < -0.4 is 5.32 Å². The molecule has 0 saturated heterocycles. The molecule has 1 atom stereocenters. The molecule has 0 bridgehead atoms. The standard InChI is InChI=1S/C15H10BrClFNO2/c16-11-2-1-8(18)5-9(11)15(21)10-3-7-4-14(20)19-13(7)6-12(10)17/h1-3,5-6,15,21H,4H2,(H,19,20). The number of carbonyl (C=O) groups excluding carboxylic acids is 1. The third-order valence-electron chi connectivity index (χ3n) is 3.39. The van der Waals surface area contributed by atoms with Gasteiger partial charge in [0.05, 0.1) is 6.42 Å². The molecule has 2 aromatic rings. The maximum atomic E-state index is 13.4. The van der Waals surface area contributed by atoms with Gasteiger partial charge in [0.1, 0.15) is 11.9 Å². The van der Waals surface area contributed by atoms with E-state index < -0.39 is 11.9 Å². The van der Waals surface area contributed by atoms with E-state index in [-0.39, 0.29) is 12.3 Å². The molecule has 6 heteroatoms. The molecule has 1 amide bonds. The summed E-state index contributed by atoms with van der Waals surface area (Å²) in [6.07, 6.45) is -0.833. The number of fused-ring (bicyclic) bond motifs is 1. The van der Waals surface area contributed by atoms with E-state index in [4.69, 9.17) is 11.6 Å². The van der Waals surface area contributed by atoms with Gasteiger partial charge in [-0.1, -0.05) is 27.5 Å². The highest BCUT2D eigenvalue weighted by molar-refractivity contribution is 9.10. The maximum absolute atomic E-state index is 13.4. The molecule has 2 N–H and O–H groups in total. The lowest BCUT2D eigenvalue weighted by atomic mass is 9.98. The fourth-order valence-electron chi connectivity index (χ4n) is 2.37. The Morgan fingerprint density at radius 1 is 1.29 bits per heavy atom. The molecule has 108 valence electrons. The molecule has 21 heavy (non-hydrogen) atoms. The van der Waals surface area contributed by atoms with E-state index in [1.54, 1.807) is 12.1 Å². The van der Waals surface area contributed by atoms with Gasteiger partial charge in [-0.05, 0) is 35.9 Å². The molecule has 0 aliphatic carbocycles. The Hall–Kier alpha value is -1.43. The van der Waals surface area contributed by atoms with Crippen molar-refractivity contribution in [3.63, 3.8) is 0 Å². The minimum atomic E-state index is -1.08. The van der Waals surface area contributed by atoms with Crippen LogP contribution in [0, 0.1) is 5.82 Å². The Bertz CT molecular complexity index is 751. The van der Waals surface area contributed by atoms with Gasteiger partial charge >= 0.3 is 0 Å². The number of hydrogen-bond acceptors (Lipinski definition) is 2. The largest absolute Gasteiger partial charge is 0.384 e. The number of carbonyl (C=O) groups is 1. The summed E-state index contributed by atoms with van der Waals surface area (Å²) in [5.74, 6) is -0.555. The predicted molar refractivity (Wildman–Crippen MR) is 81.9 cm³/mol. The predicted octanol–water partition coefficient (Wildman–Crippen LogP) is 3.82. The van der Waals surface area contributed by atoms with Crippen molar-refractivity contribution in [2.75, 3.05) is 5.32 Å². The number of amides is 1. The first kappa shape index (κ1) is 14.5. The van der Waals surface area contributed by atoms with Crippen LogP contribution in [-0.4, -0.2) is 11.0 Å². The van der Waals surface area contributed by atoms with E-state index >= 15 is 0 Å². The van der Waals surface area contributed by atoms with E-state index in [0.717, 1.165) is 5.56 Å². The van der Waals surface area contributed by atoms with Gasteiger partial charge in [-0.25, -0.2) is 4.39 Å². The van der Waals surface area contributed by atoms with Gasteiger partial charge in [-0.2, -0.15) is 0 Å². The van der Waals surface area contributed by atoms with Crippen LogP contribution in [0.2, 0.25) is 5.02 Å². The third-order valence-corrected chi connectivity index (χ3v) is 4.44. The van der Waals surface area contributed by atoms with Crippen molar-refractivity contribution >= 4 is 39.1 Å². The molecule has 2 aromatic carbocycles. The van der Waals surface area contributed by atoms with Crippen molar-refractivity contribution in [2.24, 2.45) is 0 Å². The Morgan fingerprint density at radius 3 is 2.81 bits per heavy atom. The highest BCUT2D eigenvalue weighted by Crippen LogP contribution is 2.37. The number of hydrogen-bond donors (Lipinski definition) is 2. The summed E-state index contributed by atoms with van der Waals surface area (Å²) in [7, 11) is 0. The van der Waals surface area contributed by atoms with E-state index in [9.17, 15) is 14.3 Å². The summed E-state index contributed by atoms with van der Waals surface area (Å²) in [5.41, 5.74) is 2.25. The van der Waals surface area contributed by atoms with Crippen LogP contribution in [-0.2, 0) is 11.2 Å². The highest BCUT2D eigenvalue weighted by atomic mass is 79.9. The van der Waals surface area contributed by atoms with Crippen molar-refractivity contribution in [1.82, 2.24) is 0 Å². The summed E-state index contributed by atoms with van der Waals surface area (Å²) >= 11 is 9.46. The average molecular weight is 371 g/mol. The minimum absolute atomic E-state index is 0.111. The van der Waals surface area contributed by atoms with Crippen molar-refractivity contribution < 1.29 is 14.3 Å². The van der Waals surface area contributed by atoms with E-state index in [1.165, 1.54) is 18.2 Å². The Labute approximate surface area is 133 Å². The Balaban J connectivity index is 2.06. The van der Waals surface area contributed by atoms with Gasteiger partial charge in [0, 0.05) is 26.3 Å². The average Bonchev–Trinajstić information content (AvgIpc) is 2.79. The van der Waals surface area contributed by atoms with Gasteiger partial charge in [-0.15, -0.1) is 0 Å². The number of halogens is 3. The van der Waals surface area contributed by atoms with Crippen molar-refractivity contribution in [1.29, 1.82) is 0 Å².